The van der Waals surface area contributed by atoms with Crippen molar-refractivity contribution in [1.29, 1.82) is 0 Å². The minimum atomic E-state index is 0.435. The fraction of sp³-hybridized carbons (Fsp3) is 0.846. The van der Waals surface area contributed by atoms with Crippen molar-refractivity contribution in [2.75, 3.05) is 13.2 Å². The third-order valence-corrected chi connectivity index (χ3v) is 2.65. The zero-order valence-electron chi connectivity index (χ0n) is 10.4. The smallest absolute Gasteiger partial charge is 0.109 e. The van der Waals surface area contributed by atoms with Gasteiger partial charge in [0.15, 0.2) is 0 Å². The van der Waals surface area contributed by atoms with Gasteiger partial charge >= 0.3 is 0 Å². The number of hydrogen-bond donors (Lipinski definition) is 1. The van der Waals surface area contributed by atoms with Crippen LogP contribution < -0.4 is 5.32 Å². The van der Waals surface area contributed by atoms with E-state index >= 15 is 0 Å². The Morgan fingerprint density at radius 2 is 2.27 bits per heavy atom. The summed E-state index contributed by atoms with van der Waals surface area (Å²) < 4.78 is 5.74. The van der Waals surface area contributed by atoms with Crippen LogP contribution in [0.3, 0.4) is 0 Å². The Balaban J connectivity index is 2.49. The quantitative estimate of drug-likeness (QED) is 0.729. The number of allylic oxidation sites excluding steroid dienone is 1. The van der Waals surface area contributed by atoms with Crippen molar-refractivity contribution in [3.63, 3.8) is 0 Å². The van der Waals surface area contributed by atoms with Crippen LogP contribution in [0.5, 0.6) is 0 Å². The van der Waals surface area contributed by atoms with E-state index in [1.165, 1.54) is 31.4 Å². The van der Waals surface area contributed by atoms with E-state index in [2.05, 4.69) is 32.2 Å². The van der Waals surface area contributed by atoms with Gasteiger partial charge in [-0.25, -0.2) is 0 Å². The Labute approximate surface area is 94.1 Å². The highest BCUT2D eigenvalue weighted by Crippen LogP contribution is 2.18. The molecule has 0 fully saturated rings. The van der Waals surface area contributed by atoms with Gasteiger partial charge in [-0.2, -0.15) is 0 Å². The fourth-order valence-electron chi connectivity index (χ4n) is 1.91. The zero-order chi connectivity index (χ0) is 11.1. The lowest BCUT2D eigenvalue weighted by Crippen LogP contribution is -2.34. The highest BCUT2D eigenvalue weighted by molar-refractivity contribution is 5.05. The fourth-order valence-corrected chi connectivity index (χ4v) is 1.91. The first-order valence-electron chi connectivity index (χ1n) is 6.30. The van der Waals surface area contributed by atoms with Crippen molar-refractivity contribution < 1.29 is 4.74 Å². The molecule has 0 saturated heterocycles. The molecule has 0 aromatic carbocycles. The molecule has 1 N–H and O–H groups in total. The van der Waals surface area contributed by atoms with Gasteiger partial charge in [-0.05, 0) is 44.2 Å². The normalized spacial score (nSPS) is 18.5. The molecule has 1 aliphatic rings. The predicted molar refractivity (Wildman–Crippen MR) is 64.8 cm³/mol. The molecule has 1 atom stereocenters. The van der Waals surface area contributed by atoms with Crippen LogP contribution >= 0.6 is 0 Å². The Morgan fingerprint density at radius 3 is 2.80 bits per heavy atom. The largest absolute Gasteiger partial charge is 0.497 e. The van der Waals surface area contributed by atoms with Gasteiger partial charge in [0.05, 0.1) is 12.6 Å². The lowest BCUT2D eigenvalue weighted by Gasteiger charge is -2.26. The van der Waals surface area contributed by atoms with Crippen LogP contribution in [0.1, 0.15) is 46.5 Å². The summed E-state index contributed by atoms with van der Waals surface area (Å²) in [5.74, 6) is 1.90. The van der Waals surface area contributed by atoms with E-state index in [9.17, 15) is 0 Å². The van der Waals surface area contributed by atoms with Crippen LogP contribution in [-0.2, 0) is 4.74 Å². The Kier molecular flexibility index (Phi) is 5.77. The SMILES string of the molecule is CCCNC(CC(C)C)C1=CCCCO1. The van der Waals surface area contributed by atoms with Gasteiger partial charge < -0.3 is 10.1 Å². The lowest BCUT2D eigenvalue weighted by atomic mass is 10.0. The van der Waals surface area contributed by atoms with E-state index in [1.54, 1.807) is 0 Å². The first-order chi connectivity index (χ1) is 7.24. The maximum atomic E-state index is 5.74. The number of rotatable bonds is 6. The average Bonchev–Trinajstić information content (AvgIpc) is 2.25. The average molecular weight is 211 g/mol. The predicted octanol–water partition coefficient (Wildman–Crippen LogP) is 3.10. The summed E-state index contributed by atoms with van der Waals surface area (Å²) in [6, 6.07) is 0.435. The molecular weight excluding hydrogens is 186 g/mol. The standard InChI is InChI=1S/C13H25NO/c1-4-8-14-12(10-11(2)3)13-7-5-6-9-15-13/h7,11-12,14H,4-6,8-10H2,1-3H3. The molecule has 1 unspecified atom stereocenters. The molecule has 1 heterocycles. The molecule has 0 radical (unpaired) electrons. The van der Waals surface area contributed by atoms with Crippen LogP contribution in [0.2, 0.25) is 0 Å². The summed E-state index contributed by atoms with van der Waals surface area (Å²) in [6.45, 7) is 8.72. The first-order valence-corrected chi connectivity index (χ1v) is 6.30. The van der Waals surface area contributed by atoms with Crippen molar-refractivity contribution in [3.05, 3.63) is 11.8 Å². The van der Waals surface area contributed by atoms with E-state index in [0.717, 1.165) is 13.2 Å². The molecule has 0 aromatic rings. The van der Waals surface area contributed by atoms with Crippen molar-refractivity contribution in [2.45, 2.75) is 52.5 Å². The molecule has 15 heavy (non-hydrogen) atoms. The summed E-state index contributed by atoms with van der Waals surface area (Å²) >= 11 is 0. The van der Waals surface area contributed by atoms with Crippen molar-refractivity contribution in [1.82, 2.24) is 5.32 Å². The molecule has 0 amide bonds. The molecule has 88 valence electrons. The van der Waals surface area contributed by atoms with Gasteiger partial charge in [0.25, 0.3) is 0 Å². The Bertz CT molecular complexity index is 199. The van der Waals surface area contributed by atoms with E-state index in [4.69, 9.17) is 4.74 Å². The molecule has 2 nitrogen and oxygen atoms in total. The van der Waals surface area contributed by atoms with E-state index in [1.807, 2.05) is 0 Å². The summed E-state index contributed by atoms with van der Waals surface area (Å²) in [7, 11) is 0. The van der Waals surface area contributed by atoms with E-state index in [0.29, 0.717) is 12.0 Å². The first kappa shape index (κ1) is 12.6. The monoisotopic (exact) mass is 211 g/mol. The number of ether oxygens (including phenoxy) is 1. The van der Waals surface area contributed by atoms with Crippen LogP contribution in [-0.4, -0.2) is 19.2 Å². The number of nitrogens with one attached hydrogen (secondary N) is 1. The molecule has 2 heteroatoms. The topological polar surface area (TPSA) is 21.3 Å². The molecule has 0 saturated carbocycles. The maximum Gasteiger partial charge on any atom is 0.109 e. The maximum absolute atomic E-state index is 5.74. The molecule has 0 aliphatic carbocycles. The van der Waals surface area contributed by atoms with Gasteiger partial charge in [0.2, 0.25) is 0 Å². The van der Waals surface area contributed by atoms with Crippen LogP contribution in [0, 0.1) is 5.92 Å². The third-order valence-electron chi connectivity index (χ3n) is 2.65. The lowest BCUT2D eigenvalue weighted by molar-refractivity contribution is 0.161. The van der Waals surface area contributed by atoms with Crippen molar-refractivity contribution in [3.8, 4) is 0 Å². The van der Waals surface area contributed by atoms with Gasteiger partial charge in [0.1, 0.15) is 5.76 Å². The van der Waals surface area contributed by atoms with Crippen LogP contribution in [0.25, 0.3) is 0 Å². The van der Waals surface area contributed by atoms with Crippen molar-refractivity contribution in [2.24, 2.45) is 5.92 Å². The number of hydrogen-bond acceptors (Lipinski definition) is 2. The highest BCUT2D eigenvalue weighted by Gasteiger charge is 2.18. The molecule has 0 bridgehead atoms. The van der Waals surface area contributed by atoms with Gasteiger partial charge in [-0.15, -0.1) is 0 Å². The van der Waals surface area contributed by atoms with Crippen molar-refractivity contribution >= 4 is 0 Å². The third kappa shape index (κ3) is 4.70. The van der Waals surface area contributed by atoms with Gasteiger partial charge in [-0.1, -0.05) is 20.8 Å². The van der Waals surface area contributed by atoms with Crippen LogP contribution in [0.4, 0.5) is 0 Å². The second-order valence-corrected chi connectivity index (χ2v) is 4.73. The second kappa shape index (κ2) is 6.89. The van der Waals surface area contributed by atoms with Crippen LogP contribution in [0.15, 0.2) is 11.8 Å². The van der Waals surface area contributed by atoms with Gasteiger partial charge in [0, 0.05) is 0 Å². The van der Waals surface area contributed by atoms with Gasteiger partial charge in [-0.3, -0.25) is 0 Å². The molecule has 1 aliphatic heterocycles. The summed E-state index contributed by atoms with van der Waals surface area (Å²) in [6.07, 6.45) is 6.97. The minimum Gasteiger partial charge on any atom is -0.497 e. The second-order valence-electron chi connectivity index (χ2n) is 4.73. The minimum absolute atomic E-state index is 0.435. The summed E-state index contributed by atoms with van der Waals surface area (Å²) in [5.41, 5.74) is 0. The van der Waals surface area contributed by atoms with E-state index < -0.39 is 0 Å². The molecule has 0 aromatic heterocycles. The van der Waals surface area contributed by atoms with E-state index in [-0.39, 0.29) is 0 Å². The molecule has 1 rings (SSSR count). The summed E-state index contributed by atoms with van der Waals surface area (Å²) in [4.78, 5) is 0. The highest BCUT2D eigenvalue weighted by atomic mass is 16.5. The molecule has 0 spiro atoms. The summed E-state index contributed by atoms with van der Waals surface area (Å²) in [5, 5.41) is 3.58. The zero-order valence-corrected chi connectivity index (χ0v) is 10.4. The Hall–Kier alpha value is -0.500. The molecular formula is C13H25NO. The Morgan fingerprint density at radius 1 is 1.47 bits per heavy atom.